The molecule has 2 aromatic carbocycles. The maximum Gasteiger partial charge on any atom is 0.261 e. The lowest BCUT2D eigenvalue weighted by Gasteiger charge is -2.21. The number of nitrogens with one attached hydrogen (secondary N) is 1. The second-order valence-electron chi connectivity index (χ2n) is 8.00. The molecule has 1 N–H and O–H groups in total. The highest BCUT2D eigenvalue weighted by molar-refractivity contribution is 5.91. The van der Waals surface area contributed by atoms with Crippen molar-refractivity contribution in [1.29, 1.82) is 0 Å². The molecule has 0 atom stereocenters. The Morgan fingerprint density at radius 3 is 2.80 bits per heavy atom. The molecule has 0 bridgehead atoms. The number of fused-ring (bicyclic) bond motifs is 2. The first-order valence-electron chi connectivity index (χ1n) is 10.3. The first kappa shape index (κ1) is 18.7. The van der Waals surface area contributed by atoms with Gasteiger partial charge in [0.25, 0.3) is 11.3 Å². The van der Waals surface area contributed by atoms with Crippen LogP contribution >= 0.6 is 0 Å². The molecule has 1 aromatic heterocycles. The second kappa shape index (κ2) is 7.16. The fraction of sp³-hybridized carbons (Fsp3) is 0.348. The van der Waals surface area contributed by atoms with Gasteiger partial charge in [-0.15, -0.1) is 0 Å². The van der Waals surface area contributed by atoms with Crippen LogP contribution in [0.15, 0.2) is 47.5 Å². The minimum Gasteiger partial charge on any atom is -0.448 e. The van der Waals surface area contributed by atoms with E-state index in [4.69, 9.17) is 9.47 Å². The van der Waals surface area contributed by atoms with Crippen molar-refractivity contribution in [1.82, 2.24) is 9.55 Å². The molecule has 1 aliphatic carbocycles. The van der Waals surface area contributed by atoms with Crippen LogP contribution < -0.4 is 20.3 Å². The van der Waals surface area contributed by atoms with Gasteiger partial charge in [0.1, 0.15) is 0 Å². The Morgan fingerprint density at radius 1 is 1.17 bits per heavy atom. The lowest BCUT2D eigenvalue weighted by Crippen LogP contribution is -2.34. The Balaban J connectivity index is 1.25. The summed E-state index contributed by atoms with van der Waals surface area (Å²) in [6.07, 6.45) is 5.64. The molecule has 3 aromatic rings. The van der Waals surface area contributed by atoms with Gasteiger partial charge < -0.3 is 14.8 Å². The Hall–Kier alpha value is -3.35. The van der Waals surface area contributed by atoms with Gasteiger partial charge in [0.15, 0.2) is 11.5 Å². The predicted octanol–water partition coefficient (Wildman–Crippen LogP) is 3.78. The molecule has 1 spiro atoms. The van der Waals surface area contributed by atoms with Gasteiger partial charge in [-0.2, -0.15) is 0 Å². The van der Waals surface area contributed by atoms with Gasteiger partial charge in [-0.25, -0.2) is 4.98 Å². The van der Waals surface area contributed by atoms with Gasteiger partial charge in [-0.3, -0.25) is 14.2 Å². The summed E-state index contributed by atoms with van der Waals surface area (Å²) in [4.78, 5) is 29.5. The third-order valence-corrected chi connectivity index (χ3v) is 5.82. The molecule has 0 saturated heterocycles. The van der Waals surface area contributed by atoms with E-state index in [0.717, 1.165) is 37.0 Å². The number of para-hydroxylation sites is 1. The summed E-state index contributed by atoms with van der Waals surface area (Å²) in [5.41, 5.74) is 2.17. The molecule has 0 unspecified atom stereocenters. The van der Waals surface area contributed by atoms with Gasteiger partial charge in [-0.05, 0) is 43.5 Å². The van der Waals surface area contributed by atoms with Crippen molar-refractivity contribution in [2.24, 2.45) is 0 Å². The molecular formula is C23H23N3O4. The van der Waals surface area contributed by atoms with Crippen LogP contribution in [0.25, 0.3) is 10.9 Å². The number of carbonyl (C=O) groups excluding carboxylic acids is 1. The lowest BCUT2D eigenvalue weighted by atomic mass is 10.1. The molecule has 30 heavy (non-hydrogen) atoms. The highest BCUT2D eigenvalue weighted by Gasteiger charge is 2.44. The summed E-state index contributed by atoms with van der Waals surface area (Å²) in [7, 11) is 0. The molecule has 1 amide bonds. The van der Waals surface area contributed by atoms with Crippen molar-refractivity contribution >= 4 is 22.5 Å². The van der Waals surface area contributed by atoms with Crippen molar-refractivity contribution in [3.63, 3.8) is 0 Å². The van der Waals surface area contributed by atoms with E-state index in [-0.39, 0.29) is 24.4 Å². The van der Waals surface area contributed by atoms with Crippen molar-refractivity contribution < 1.29 is 14.3 Å². The van der Waals surface area contributed by atoms with E-state index in [9.17, 15) is 9.59 Å². The lowest BCUT2D eigenvalue weighted by molar-refractivity contribution is -0.116. The topological polar surface area (TPSA) is 82.5 Å². The summed E-state index contributed by atoms with van der Waals surface area (Å²) in [5, 5.41) is 3.44. The van der Waals surface area contributed by atoms with Crippen molar-refractivity contribution in [3.05, 3.63) is 58.6 Å². The Labute approximate surface area is 173 Å². The number of aryl methyl sites for hydroxylation is 2. The minimum absolute atomic E-state index is 0.138. The van der Waals surface area contributed by atoms with Crippen LogP contribution in [0.1, 0.15) is 37.7 Å². The Morgan fingerprint density at radius 2 is 1.97 bits per heavy atom. The van der Waals surface area contributed by atoms with Crippen LogP contribution in [0.4, 0.5) is 5.69 Å². The maximum absolute atomic E-state index is 12.7. The zero-order chi connectivity index (χ0) is 20.7. The van der Waals surface area contributed by atoms with Crippen LogP contribution in [0, 0.1) is 6.92 Å². The van der Waals surface area contributed by atoms with Crippen LogP contribution in [-0.4, -0.2) is 21.2 Å². The SMILES string of the molecule is Cc1cccc2c(=O)n(CCC(=O)Nc3ccc4c(c3)OC3(CCCC3)O4)cnc12. The quantitative estimate of drug-likeness (QED) is 0.714. The van der Waals surface area contributed by atoms with Gasteiger partial charge in [0, 0.05) is 37.6 Å². The standard InChI is InChI=1S/C23H23N3O4/c1-15-5-4-6-17-21(15)24-14-26(22(17)28)12-9-20(27)25-16-7-8-18-19(13-16)30-23(29-18)10-2-3-11-23/h4-8,13-14H,2-3,9-12H2,1H3,(H,25,27). The average molecular weight is 405 g/mol. The number of anilines is 1. The van der Waals surface area contributed by atoms with E-state index in [1.807, 2.05) is 25.1 Å². The maximum atomic E-state index is 12.7. The normalized spacial score (nSPS) is 16.3. The smallest absolute Gasteiger partial charge is 0.261 e. The molecule has 1 fully saturated rings. The molecule has 1 saturated carbocycles. The number of nitrogens with zero attached hydrogens (tertiary/aromatic N) is 2. The van der Waals surface area contributed by atoms with Gasteiger partial charge in [-0.1, -0.05) is 12.1 Å². The molecule has 7 nitrogen and oxygen atoms in total. The van der Waals surface area contributed by atoms with E-state index in [1.54, 1.807) is 18.2 Å². The van der Waals surface area contributed by atoms with Crippen molar-refractivity contribution in [2.45, 2.75) is 51.4 Å². The van der Waals surface area contributed by atoms with Gasteiger partial charge in [0.2, 0.25) is 5.91 Å². The molecule has 1 aliphatic heterocycles. The number of benzene rings is 2. The highest BCUT2D eigenvalue weighted by atomic mass is 16.7. The first-order valence-corrected chi connectivity index (χ1v) is 10.3. The van der Waals surface area contributed by atoms with Crippen LogP contribution in [-0.2, 0) is 11.3 Å². The number of amides is 1. The molecule has 0 radical (unpaired) electrons. The fourth-order valence-corrected chi connectivity index (χ4v) is 4.23. The molecule has 2 heterocycles. The van der Waals surface area contributed by atoms with Gasteiger partial charge in [0.05, 0.1) is 17.2 Å². The minimum atomic E-state index is -0.520. The third-order valence-electron chi connectivity index (χ3n) is 5.82. The first-order chi connectivity index (χ1) is 14.5. The number of carbonyl (C=O) groups is 1. The summed E-state index contributed by atoms with van der Waals surface area (Å²) >= 11 is 0. The predicted molar refractivity (Wildman–Crippen MR) is 113 cm³/mol. The van der Waals surface area contributed by atoms with E-state index in [2.05, 4.69) is 10.3 Å². The average Bonchev–Trinajstić information content (AvgIpc) is 3.33. The molecule has 154 valence electrons. The largest absolute Gasteiger partial charge is 0.448 e. The summed E-state index contributed by atoms with van der Waals surface area (Å²) in [6.45, 7) is 2.18. The van der Waals surface area contributed by atoms with Crippen LogP contribution in [0.2, 0.25) is 0 Å². The summed E-state index contributed by atoms with van der Waals surface area (Å²) < 4.78 is 13.5. The van der Waals surface area contributed by atoms with Crippen LogP contribution in [0.3, 0.4) is 0 Å². The summed E-state index contributed by atoms with van der Waals surface area (Å²) in [6, 6.07) is 11.0. The Bertz CT molecular complexity index is 1190. The van der Waals surface area contributed by atoms with E-state index in [0.29, 0.717) is 22.3 Å². The number of hydrogen-bond acceptors (Lipinski definition) is 5. The van der Waals surface area contributed by atoms with E-state index >= 15 is 0 Å². The van der Waals surface area contributed by atoms with Gasteiger partial charge >= 0.3 is 0 Å². The molecular weight excluding hydrogens is 382 g/mol. The second-order valence-corrected chi connectivity index (χ2v) is 8.00. The van der Waals surface area contributed by atoms with Crippen LogP contribution in [0.5, 0.6) is 11.5 Å². The summed E-state index contributed by atoms with van der Waals surface area (Å²) in [5.74, 6) is 0.688. The third kappa shape index (κ3) is 3.30. The fourth-order valence-electron chi connectivity index (χ4n) is 4.23. The molecule has 7 heteroatoms. The molecule has 5 rings (SSSR count). The number of hydrogen-bond donors (Lipinski definition) is 1. The zero-order valence-electron chi connectivity index (χ0n) is 16.8. The Kier molecular flexibility index (Phi) is 4.46. The molecule has 2 aliphatic rings. The van der Waals surface area contributed by atoms with E-state index in [1.165, 1.54) is 10.9 Å². The van der Waals surface area contributed by atoms with Crippen molar-refractivity contribution in [2.75, 3.05) is 5.32 Å². The van der Waals surface area contributed by atoms with E-state index < -0.39 is 5.79 Å². The van der Waals surface area contributed by atoms with Crippen molar-refractivity contribution in [3.8, 4) is 11.5 Å². The zero-order valence-corrected chi connectivity index (χ0v) is 16.8. The number of aromatic nitrogens is 2. The number of ether oxygens (including phenoxy) is 2. The number of rotatable bonds is 4. The highest BCUT2D eigenvalue weighted by Crippen LogP contribution is 2.47. The monoisotopic (exact) mass is 405 g/mol.